The zero-order valence-corrected chi connectivity index (χ0v) is 11.7. The van der Waals surface area contributed by atoms with Gasteiger partial charge in [-0.2, -0.15) is 0 Å². The van der Waals surface area contributed by atoms with Crippen LogP contribution in [0.3, 0.4) is 0 Å². The third-order valence-corrected chi connectivity index (χ3v) is 3.79. The topological polar surface area (TPSA) is 0 Å². The summed E-state index contributed by atoms with van der Waals surface area (Å²) in [5.41, 5.74) is 0. The molecule has 0 N–H and O–H groups in total. The molecule has 92 valence electrons. The van der Waals surface area contributed by atoms with Crippen LogP contribution in [0, 0.1) is 17.8 Å². The van der Waals surface area contributed by atoms with Gasteiger partial charge in [0.05, 0.1) is 0 Å². The zero-order valence-electron chi connectivity index (χ0n) is 11.7. The Morgan fingerprint density at radius 1 is 0.733 bits per heavy atom. The van der Waals surface area contributed by atoms with Gasteiger partial charge in [-0.05, 0) is 24.2 Å². The molecule has 0 heterocycles. The maximum atomic E-state index is 2.45. The molecule has 0 aliphatic rings. The van der Waals surface area contributed by atoms with Crippen LogP contribution in [0.4, 0.5) is 0 Å². The normalized spacial score (nSPS) is 17.4. The highest BCUT2D eigenvalue weighted by Crippen LogP contribution is 2.26. The van der Waals surface area contributed by atoms with Gasteiger partial charge in [0.2, 0.25) is 0 Å². The van der Waals surface area contributed by atoms with Crippen LogP contribution in [0.5, 0.6) is 0 Å². The van der Waals surface area contributed by atoms with Crippen molar-refractivity contribution in [2.24, 2.45) is 17.8 Å². The van der Waals surface area contributed by atoms with E-state index in [1.807, 2.05) is 0 Å². The largest absolute Gasteiger partial charge is 0.0654 e. The SMILES string of the molecule is CCCCCC(C)C(C)CC(C)CCC. The van der Waals surface area contributed by atoms with Crippen molar-refractivity contribution in [2.45, 2.75) is 79.6 Å². The summed E-state index contributed by atoms with van der Waals surface area (Å²) < 4.78 is 0. The monoisotopic (exact) mass is 212 g/mol. The van der Waals surface area contributed by atoms with E-state index in [0.717, 1.165) is 17.8 Å². The van der Waals surface area contributed by atoms with E-state index in [-0.39, 0.29) is 0 Å². The van der Waals surface area contributed by atoms with Crippen LogP contribution >= 0.6 is 0 Å². The molecule has 15 heavy (non-hydrogen) atoms. The van der Waals surface area contributed by atoms with Crippen LogP contribution < -0.4 is 0 Å². The molecule has 3 atom stereocenters. The van der Waals surface area contributed by atoms with Crippen LogP contribution in [-0.4, -0.2) is 0 Å². The Morgan fingerprint density at radius 3 is 1.93 bits per heavy atom. The van der Waals surface area contributed by atoms with Crippen molar-refractivity contribution in [3.8, 4) is 0 Å². The standard InChI is InChI=1S/C15H32/c1-6-8-9-11-14(4)15(5)12-13(3)10-7-2/h13-15H,6-12H2,1-5H3. The molecule has 3 unspecified atom stereocenters. The van der Waals surface area contributed by atoms with Crippen molar-refractivity contribution < 1.29 is 0 Å². The van der Waals surface area contributed by atoms with Crippen LogP contribution in [0.15, 0.2) is 0 Å². The Morgan fingerprint density at radius 2 is 1.40 bits per heavy atom. The average Bonchev–Trinajstić information content (AvgIpc) is 2.18. The molecule has 0 amide bonds. The summed E-state index contributed by atoms with van der Waals surface area (Å²) in [5, 5.41) is 0. The van der Waals surface area contributed by atoms with E-state index in [4.69, 9.17) is 0 Å². The van der Waals surface area contributed by atoms with E-state index in [9.17, 15) is 0 Å². The molecule has 0 heteroatoms. The smallest absolute Gasteiger partial charge is 0.0414 e. The predicted octanol–water partition coefficient (Wildman–Crippen LogP) is 5.67. The first-order valence-corrected chi connectivity index (χ1v) is 7.11. The molecule has 0 aromatic carbocycles. The maximum Gasteiger partial charge on any atom is -0.0414 e. The van der Waals surface area contributed by atoms with Gasteiger partial charge in [0.15, 0.2) is 0 Å². The van der Waals surface area contributed by atoms with Crippen molar-refractivity contribution >= 4 is 0 Å². The Bertz CT molecular complexity index is 128. The molecule has 0 aliphatic carbocycles. The lowest BCUT2D eigenvalue weighted by Crippen LogP contribution is -2.12. The summed E-state index contributed by atoms with van der Waals surface area (Å²) in [7, 11) is 0. The van der Waals surface area contributed by atoms with Crippen molar-refractivity contribution in [3.63, 3.8) is 0 Å². The first-order chi connectivity index (χ1) is 7.11. The fourth-order valence-corrected chi connectivity index (χ4v) is 2.48. The minimum absolute atomic E-state index is 0.920. The molecule has 0 nitrogen and oxygen atoms in total. The van der Waals surface area contributed by atoms with Gasteiger partial charge in [-0.25, -0.2) is 0 Å². The summed E-state index contributed by atoms with van der Waals surface area (Å²) in [6, 6.07) is 0. The zero-order chi connectivity index (χ0) is 11.7. The van der Waals surface area contributed by atoms with Gasteiger partial charge in [0, 0.05) is 0 Å². The fourth-order valence-electron chi connectivity index (χ4n) is 2.48. The Labute approximate surface area is 97.8 Å². The number of hydrogen-bond donors (Lipinski definition) is 0. The van der Waals surface area contributed by atoms with Gasteiger partial charge in [0.25, 0.3) is 0 Å². The van der Waals surface area contributed by atoms with Gasteiger partial charge in [-0.1, -0.05) is 73.1 Å². The van der Waals surface area contributed by atoms with Crippen molar-refractivity contribution in [2.75, 3.05) is 0 Å². The van der Waals surface area contributed by atoms with Crippen LogP contribution in [0.25, 0.3) is 0 Å². The third-order valence-electron chi connectivity index (χ3n) is 3.79. The van der Waals surface area contributed by atoms with Crippen molar-refractivity contribution in [1.82, 2.24) is 0 Å². The lowest BCUT2D eigenvalue weighted by Gasteiger charge is -2.23. The van der Waals surface area contributed by atoms with Crippen LogP contribution in [-0.2, 0) is 0 Å². The van der Waals surface area contributed by atoms with E-state index in [2.05, 4.69) is 34.6 Å². The molecular formula is C15H32. The predicted molar refractivity (Wildman–Crippen MR) is 71.2 cm³/mol. The second-order valence-corrected chi connectivity index (χ2v) is 5.58. The van der Waals surface area contributed by atoms with Gasteiger partial charge in [0.1, 0.15) is 0 Å². The highest BCUT2D eigenvalue weighted by Gasteiger charge is 2.14. The van der Waals surface area contributed by atoms with Gasteiger partial charge in [-0.15, -0.1) is 0 Å². The van der Waals surface area contributed by atoms with E-state index in [0.29, 0.717) is 0 Å². The van der Waals surface area contributed by atoms with Crippen molar-refractivity contribution in [1.29, 1.82) is 0 Å². The summed E-state index contributed by atoms with van der Waals surface area (Å²) in [6.45, 7) is 11.9. The van der Waals surface area contributed by atoms with Crippen LogP contribution in [0.1, 0.15) is 79.6 Å². The Hall–Kier alpha value is 0. The fraction of sp³-hybridized carbons (Fsp3) is 1.00. The van der Waals surface area contributed by atoms with Crippen LogP contribution in [0.2, 0.25) is 0 Å². The minimum Gasteiger partial charge on any atom is -0.0654 e. The first-order valence-electron chi connectivity index (χ1n) is 7.11. The Balaban J connectivity index is 3.62. The molecule has 0 radical (unpaired) electrons. The highest BCUT2D eigenvalue weighted by molar-refractivity contribution is 4.65. The molecular weight excluding hydrogens is 180 g/mol. The van der Waals surface area contributed by atoms with E-state index in [1.54, 1.807) is 0 Å². The van der Waals surface area contributed by atoms with Gasteiger partial charge < -0.3 is 0 Å². The lowest BCUT2D eigenvalue weighted by atomic mass is 9.83. The van der Waals surface area contributed by atoms with Gasteiger partial charge >= 0.3 is 0 Å². The van der Waals surface area contributed by atoms with Crippen molar-refractivity contribution in [3.05, 3.63) is 0 Å². The lowest BCUT2D eigenvalue weighted by molar-refractivity contribution is 0.285. The quantitative estimate of drug-likeness (QED) is 0.432. The highest BCUT2D eigenvalue weighted by atomic mass is 14.2. The molecule has 0 aromatic rings. The number of hydrogen-bond acceptors (Lipinski definition) is 0. The molecule has 0 spiro atoms. The molecule has 0 aliphatic heterocycles. The first kappa shape index (κ1) is 15.0. The second kappa shape index (κ2) is 9.24. The Kier molecular flexibility index (Phi) is 9.24. The second-order valence-electron chi connectivity index (χ2n) is 5.58. The van der Waals surface area contributed by atoms with E-state index < -0.39 is 0 Å². The molecule has 0 saturated heterocycles. The molecule has 0 fully saturated rings. The third kappa shape index (κ3) is 7.88. The molecule has 0 bridgehead atoms. The van der Waals surface area contributed by atoms with E-state index in [1.165, 1.54) is 44.9 Å². The molecule has 0 saturated carbocycles. The maximum absolute atomic E-state index is 2.45. The summed E-state index contributed by atoms with van der Waals surface area (Å²) >= 11 is 0. The minimum atomic E-state index is 0.920. The summed E-state index contributed by atoms with van der Waals surface area (Å²) in [5.74, 6) is 2.78. The molecule has 0 aromatic heterocycles. The summed E-state index contributed by atoms with van der Waals surface area (Å²) in [6.07, 6.45) is 9.83. The number of unbranched alkanes of at least 4 members (excludes halogenated alkanes) is 2. The molecule has 0 rings (SSSR count). The van der Waals surface area contributed by atoms with Gasteiger partial charge in [-0.3, -0.25) is 0 Å². The average molecular weight is 212 g/mol. The van der Waals surface area contributed by atoms with E-state index >= 15 is 0 Å². The number of rotatable bonds is 9. The summed E-state index contributed by atoms with van der Waals surface area (Å²) in [4.78, 5) is 0.